The van der Waals surface area contributed by atoms with Gasteiger partial charge in [0.2, 0.25) is 0 Å². The van der Waals surface area contributed by atoms with Crippen LogP contribution in [0.1, 0.15) is 49.7 Å². The van der Waals surface area contributed by atoms with Crippen LogP contribution in [0.2, 0.25) is 0 Å². The number of hydrogen-bond donors (Lipinski definition) is 0. The highest BCUT2D eigenvalue weighted by molar-refractivity contribution is 7.50. The van der Waals surface area contributed by atoms with Crippen LogP contribution >= 0.6 is 7.75 Å². The minimum Gasteiger partial charge on any atom is -0.434 e. The molecule has 39 heavy (non-hydrogen) atoms. The average molecular weight is 565 g/mol. The predicted molar refractivity (Wildman–Crippen MR) is 145 cm³/mol. The van der Waals surface area contributed by atoms with Crippen molar-refractivity contribution in [1.29, 1.82) is 0 Å². The Morgan fingerprint density at radius 1 is 0.538 bits per heavy atom. The summed E-state index contributed by atoms with van der Waals surface area (Å²) in [6.07, 6.45) is 3.43. The fourth-order valence-electron chi connectivity index (χ4n) is 3.36. The molecule has 0 heterocycles. The molecule has 0 aliphatic heterocycles. The van der Waals surface area contributed by atoms with E-state index in [0.717, 1.165) is 12.8 Å². The lowest BCUT2D eigenvalue weighted by Gasteiger charge is -2.12. The molecule has 0 saturated heterocycles. The lowest BCUT2D eigenvalue weighted by atomic mass is 10.1. The van der Waals surface area contributed by atoms with Gasteiger partial charge in [-0.25, -0.2) is 14.2 Å². The van der Waals surface area contributed by atoms with E-state index in [-0.39, 0.29) is 39.6 Å². The Hall–Kier alpha value is -2.91. The lowest BCUT2D eigenvalue weighted by molar-refractivity contribution is 0.0522. The number of nitrogens with one attached hydrogen (secondary N) is 1. The second kappa shape index (κ2) is 20.1. The number of carbonyl (C=O) groups is 2. The summed E-state index contributed by atoms with van der Waals surface area (Å²) >= 11 is 0. The molecule has 10 nitrogen and oxygen atoms in total. The maximum absolute atomic E-state index is 12.0. The van der Waals surface area contributed by atoms with Crippen LogP contribution in [0.4, 0.5) is 9.59 Å². The number of carbonyl (C=O) groups excluding carboxylic acids is 2. The first-order chi connectivity index (χ1) is 18.9. The molecule has 0 aliphatic rings. The third-order valence-corrected chi connectivity index (χ3v) is 6.43. The molecule has 2 aromatic carbocycles. The van der Waals surface area contributed by atoms with Crippen molar-refractivity contribution in [2.75, 3.05) is 39.6 Å². The molecule has 215 valence electrons. The van der Waals surface area contributed by atoms with Crippen LogP contribution in [0.15, 0.2) is 60.7 Å². The molecule has 1 radical (unpaired) electrons. The van der Waals surface area contributed by atoms with E-state index in [2.05, 4.69) is 0 Å². The van der Waals surface area contributed by atoms with Gasteiger partial charge in [-0.1, -0.05) is 60.7 Å². The smallest absolute Gasteiger partial charge is 0.434 e. The quantitative estimate of drug-likeness (QED) is 0.0999. The minimum atomic E-state index is -3.93. The summed E-state index contributed by atoms with van der Waals surface area (Å²) in [6.45, 7) is 0.910. The highest BCUT2D eigenvalue weighted by Gasteiger charge is 2.18. The number of hydrogen-bond acceptors (Lipinski definition) is 9. The third kappa shape index (κ3) is 17.3. The predicted octanol–water partition coefficient (Wildman–Crippen LogP) is 6.54. The largest absolute Gasteiger partial charge is 0.508 e. The Balaban J connectivity index is 1.36. The highest BCUT2D eigenvalue weighted by atomic mass is 31.2. The highest BCUT2D eigenvalue weighted by Crippen LogP contribution is 2.42. The fourth-order valence-corrected chi connectivity index (χ4v) is 4.18. The van der Waals surface area contributed by atoms with Crippen LogP contribution in [0.3, 0.4) is 0 Å². The van der Waals surface area contributed by atoms with Crippen molar-refractivity contribution >= 4 is 20.1 Å². The SMILES string of the molecule is [NH]P(=O)(OCCCCOC(=O)OCCCc1ccccc1)OCCCCOC(=O)OCCCc1ccccc1. The van der Waals surface area contributed by atoms with Crippen LogP contribution in [-0.2, 0) is 45.4 Å². The molecule has 11 heteroatoms. The van der Waals surface area contributed by atoms with Gasteiger partial charge in [0.25, 0.3) is 0 Å². The molecule has 2 rings (SSSR count). The van der Waals surface area contributed by atoms with E-state index < -0.39 is 20.1 Å². The van der Waals surface area contributed by atoms with Gasteiger partial charge in [0.1, 0.15) is 0 Å². The van der Waals surface area contributed by atoms with E-state index in [9.17, 15) is 14.2 Å². The van der Waals surface area contributed by atoms with Crippen molar-refractivity contribution in [3.63, 3.8) is 0 Å². The minimum absolute atomic E-state index is 0.0372. The van der Waals surface area contributed by atoms with Crippen molar-refractivity contribution in [2.24, 2.45) is 0 Å². The topological polar surface area (TPSA) is 130 Å². The van der Waals surface area contributed by atoms with E-state index in [4.69, 9.17) is 33.5 Å². The van der Waals surface area contributed by atoms with Gasteiger partial charge in [0.15, 0.2) is 0 Å². The van der Waals surface area contributed by atoms with Crippen molar-refractivity contribution in [3.8, 4) is 0 Å². The van der Waals surface area contributed by atoms with Gasteiger partial charge in [-0.15, -0.1) is 5.50 Å². The van der Waals surface area contributed by atoms with Gasteiger partial charge in [-0.05, 0) is 62.5 Å². The molecule has 0 atom stereocenters. The Bertz CT molecular complexity index is 900. The Morgan fingerprint density at radius 2 is 0.872 bits per heavy atom. The first-order valence-electron chi connectivity index (χ1n) is 13.3. The molecular formula is C28H39NO9P. The monoisotopic (exact) mass is 564 g/mol. The molecule has 0 spiro atoms. The zero-order valence-corrected chi connectivity index (χ0v) is 23.2. The third-order valence-electron chi connectivity index (χ3n) is 5.38. The second-order valence-corrected chi connectivity index (χ2v) is 10.2. The summed E-state index contributed by atoms with van der Waals surface area (Å²) < 4.78 is 42.0. The van der Waals surface area contributed by atoms with Crippen molar-refractivity contribution < 1.29 is 42.1 Å². The molecule has 2 aromatic rings. The van der Waals surface area contributed by atoms with Crippen molar-refractivity contribution in [3.05, 3.63) is 71.8 Å². The molecule has 0 unspecified atom stereocenters. The maximum atomic E-state index is 12.0. The molecular weight excluding hydrogens is 525 g/mol. The summed E-state index contributed by atoms with van der Waals surface area (Å²) in [4.78, 5) is 23.2. The zero-order valence-electron chi connectivity index (χ0n) is 22.3. The zero-order chi connectivity index (χ0) is 28.0. The van der Waals surface area contributed by atoms with Crippen LogP contribution in [0, 0.1) is 0 Å². The van der Waals surface area contributed by atoms with Crippen LogP contribution in [0.5, 0.6) is 0 Å². The molecule has 0 fully saturated rings. The number of unbranched alkanes of at least 4 members (excludes halogenated alkanes) is 2. The van der Waals surface area contributed by atoms with Gasteiger partial charge in [-0.3, -0.25) is 9.05 Å². The summed E-state index contributed by atoms with van der Waals surface area (Å²) in [6, 6.07) is 19.9. The van der Waals surface area contributed by atoms with Crippen molar-refractivity contribution in [1.82, 2.24) is 5.50 Å². The van der Waals surface area contributed by atoms with Crippen LogP contribution in [0.25, 0.3) is 0 Å². The molecule has 0 aliphatic carbocycles. The van der Waals surface area contributed by atoms with E-state index in [1.807, 2.05) is 60.7 Å². The number of aryl methyl sites for hydroxylation is 2. The normalized spacial score (nSPS) is 11.1. The summed E-state index contributed by atoms with van der Waals surface area (Å²) in [5, 5.41) is 0. The lowest BCUT2D eigenvalue weighted by Crippen LogP contribution is -2.10. The van der Waals surface area contributed by atoms with Crippen LogP contribution < -0.4 is 5.50 Å². The summed E-state index contributed by atoms with van der Waals surface area (Å²) in [5.41, 5.74) is 10.0. The molecule has 0 bridgehead atoms. The molecule has 1 N–H and O–H groups in total. The van der Waals surface area contributed by atoms with E-state index in [0.29, 0.717) is 38.5 Å². The van der Waals surface area contributed by atoms with Gasteiger partial charge >= 0.3 is 20.1 Å². The van der Waals surface area contributed by atoms with E-state index in [1.165, 1.54) is 11.1 Å². The Labute approximate surface area is 230 Å². The molecule has 0 aromatic heterocycles. The maximum Gasteiger partial charge on any atom is 0.508 e. The first kappa shape index (κ1) is 32.3. The van der Waals surface area contributed by atoms with Gasteiger partial charge < -0.3 is 18.9 Å². The Kier molecular flexibility index (Phi) is 16.6. The van der Waals surface area contributed by atoms with E-state index in [1.54, 1.807) is 0 Å². The average Bonchev–Trinajstić information content (AvgIpc) is 2.94. The van der Waals surface area contributed by atoms with Crippen LogP contribution in [-0.4, -0.2) is 52.0 Å². The molecule has 0 saturated carbocycles. The standard InChI is InChI=1S/C28H39NO9P/c29-39(32,37-23-9-7-19-33-27(30)35-21-11-17-25-13-3-1-4-14-25)38-24-10-8-20-34-28(31)36-22-12-18-26-15-5-2-6-16-26/h1-6,13-16,29H,7-12,17-24H2. The first-order valence-corrected chi connectivity index (χ1v) is 14.8. The van der Waals surface area contributed by atoms with Gasteiger partial charge in [0.05, 0.1) is 39.6 Å². The number of rotatable bonds is 20. The van der Waals surface area contributed by atoms with Gasteiger partial charge in [0, 0.05) is 0 Å². The fraction of sp³-hybridized carbons (Fsp3) is 0.500. The van der Waals surface area contributed by atoms with Crippen molar-refractivity contribution in [2.45, 2.75) is 51.4 Å². The number of ether oxygens (including phenoxy) is 4. The second-order valence-electron chi connectivity index (χ2n) is 8.65. The summed E-state index contributed by atoms with van der Waals surface area (Å²) in [5.74, 6) is 0. The van der Waals surface area contributed by atoms with Gasteiger partial charge in [-0.2, -0.15) is 0 Å². The molecule has 0 amide bonds. The Morgan fingerprint density at radius 3 is 1.26 bits per heavy atom. The van der Waals surface area contributed by atoms with E-state index >= 15 is 0 Å². The summed E-state index contributed by atoms with van der Waals surface area (Å²) in [7, 11) is -3.93. The number of benzene rings is 2.